The zero-order valence-corrected chi connectivity index (χ0v) is 13.0. The number of nitrogens with one attached hydrogen (secondary N) is 1. The number of rotatable bonds is 6. The monoisotopic (exact) mass is 308 g/mol. The third kappa shape index (κ3) is 4.50. The van der Waals surface area contributed by atoms with E-state index in [-0.39, 0.29) is 5.25 Å². The van der Waals surface area contributed by atoms with Crippen molar-refractivity contribution in [2.24, 2.45) is 0 Å². The normalized spacial score (nSPS) is 14.3. The molecule has 1 aromatic heterocycles. The maximum Gasteiger partial charge on any atom is 0.146 e. The second kappa shape index (κ2) is 7.43. The van der Waals surface area contributed by atoms with E-state index in [1.54, 1.807) is 13.0 Å². The van der Waals surface area contributed by atoms with Gasteiger partial charge in [0.25, 0.3) is 0 Å². The second-order valence-electron chi connectivity index (χ2n) is 4.10. The van der Waals surface area contributed by atoms with Gasteiger partial charge < -0.3 is 10.4 Å². The molecule has 6 heteroatoms. The fraction of sp³-hybridized carbons (Fsp3) is 0.583. The van der Waals surface area contributed by atoms with Gasteiger partial charge in [-0.2, -0.15) is 0 Å². The molecule has 1 heterocycles. The summed E-state index contributed by atoms with van der Waals surface area (Å²) in [5, 5.41) is 14.4. The van der Waals surface area contributed by atoms with Gasteiger partial charge in [0.05, 0.1) is 16.1 Å². The Morgan fingerprint density at radius 1 is 1.39 bits per heavy atom. The third-order valence-corrected chi connectivity index (χ3v) is 4.41. The zero-order chi connectivity index (χ0) is 13.7. The summed E-state index contributed by atoms with van der Waals surface area (Å²) < 4.78 is 0. The molecular formula is C12H18Cl2N2OS. The molecule has 0 saturated carbocycles. The number of aromatic nitrogens is 1. The number of hydrogen-bond donors (Lipinski definition) is 2. The maximum absolute atomic E-state index is 9.51. The van der Waals surface area contributed by atoms with E-state index in [1.807, 2.05) is 6.92 Å². The van der Waals surface area contributed by atoms with Crippen molar-refractivity contribution in [3.8, 4) is 0 Å². The molecule has 102 valence electrons. The minimum absolute atomic E-state index is 0.0233. The van der Waals surface area contributed by atoms with Crippen LogP contribution in [0.25, 0.3) is 0 Å². The average Bonchev–Trinajstić information content (AvgIpc) is 2.30. The van der Waals surface area contributed by atoms with E-state index in [9.17, 15) is 5.11 Å². The van der Waals surface area contributed by atoms with Gasteiger partial charge >= 0.3 is 0 Å². The van der Waals surface area contributed by atoms with Crippen molar-refractivity contribution in [1.82, 2.24) is 4.98 Å². The molecule has 0 radical (unpaired) electrons. The van der Waals surface area contributed by atoms with E-state index in [4.69, 9.17) is 23.2 Å². The highest BCUT2D eigenvalue weighted by molar-refractivity contribution is 8.00. The van der Waals surface area contributed by atoms with Gasteiger partial charge in [-0.3, -0.25) is 0 Å². The summed E-state index contributed by atoms with van der Waals surface area (Å²) in [7, 11) is 0. The predicted molar refractivity (Wildman–Crippen MR) is 80.0 cm³/mol. The van der Waals surface area contributed by atoms with Gasteiger partial charge in [-0.25, -0.2) is 4.98 Å². The molecule has 0 aliphatic heterocycles. The molecule has 0 fully saturated rings. The number of aliphatic hydroxyl groups is 1. The molecular weight excluding hydrogens is 291 g/mol. The molecule has 0 bridgehead atoms. The Labute approximate surface area is 122 Å². The van der Waals surface area contributed by atoms with Crippen LogP contribution in [0.3, 0.4) is 0 Å². The van der Waals surface area contributed by atoms with Gasteiger partial charge in [0, 0.05) is 11.8 Å². The molecule has 1 aromatic rings. The minimum Gasteiger partial charge on any atom is -0.392 e. The Balaban J connectivity index is 2.90. The van der Waals surface area contributed by atoms with Crippen LogP contribution >= 0.6 is 35.0 Å². The van der Waals surface area contributed by atoms with Gasteiger partial charge in [0.2, 0.25) is 0 Å². The molecule has 0 spiro atoms. The summed E-state index contributed by atoms with van der Waals surface area (Å²) in [4.78, 5) is 4.41. The Kier molecular flexibility index (Phi) is 6.57. The largest absolute Gasteiger partial charge is 0.392 e. The van der Waals surface area contributed by atoms with Gasteiger partial charge in [0.15, 0.2) is 0 Å². The lowest BCUT2D eigenvalue weighted by Gasteiger charge is -2.15. The number of anilines is 1. The van der Waals surface area contributed by atoms with Crippen molar-refractivity contribution < 1.29 is 5.11 Å². The van der Waals surface area contributed by atoms with Crippen LogP contribution in [0.15, 0.2) is 11.1 Å². The Morgan fingerprint density at radius 2 is 2.06 bits per heavy atom. The van der Waals surface area contributed by atoms with Crippen molar-refractivity contribution in [2.75, 3.05) is 11.9 Å². The topological polar surface area (TPSA) is 45.2 Å². The summed E-state index contributed by atoms with van der Waals surface area (Å²) in [6, 6.07) is 1.69. The van der Waals surface area contributed by atoms with E-state index in [2.05, 4.69) is 17.2 Å². The number of aliphatic hydroxyl groups excluding tert-OH is 1. The quantitative estimate of drug-likeness (QED) is 0.778. The molecule has 0 amide bonds. The van der Waals surface area contributed by atoms with E-state index in [0.717, 1.165) is 13.0 Å². The standard InChI is InChI=1S/C12H18Cl2N2OS/c1-4-5-15-11-9(13)6-10(14)12(16-11)18-8(3)7(2)17/h6-8,17H,4-5H2,1-3H3,(H,15,16). The number of nitrogens with zero attached hydrogens (tertiary/aromatic N) is 1. The SMILES string of the molecule is CCCNc1nc(SC(C)C(C)O)c(Cl)cc1Cl. The Bertz CT molecular complexity index is 402. The molecule has 18 heavy (non-hydrogen) atoms. The molecule has 2 atom stereocenters. The fourth-order valence-electron chi connectivity index (χ4n) is 1.17. The van der Waals surface area contributed by atoms with Crippen molar-refractivity contribution >= 4 is 40.8 Å². The molecule has 2 unspecified atom stereocenters. The van der Waals surface area contributed by atoms with Crippen LogP contribution in [0.1, 0.15) is 27.2 Å². The fourth-order valence-corrected chi connectivity index (χ4v) is 2.60. The summed E-state index contributed by atoms with van der Waals surface area (Å²) >= 11 is 13.6. The van der Waals surface area contributed by atoms with E-state index < -0.39 is 6.10 Å². The van der Waals surface area contributed by atoms with Crippen molar-refractivity contribution in [2.45, 2.75) is 43.6 Å². The maximum atomic E-state index is 9.51. The van der Waals surface area contributed by atoms with Crippen LogP contribution < -0.4 is 5.32 Å². The van der Waals surface area contributed by atoms with Crippen molar-refractivity contribution in [3.05, 3.63) is 16.1 Å². The lowest BCUT2D eigenvalue weighted by atomic mass is 10.3. The van der Waals surface area contributed by atoms with Crippen LogP contribution in [0.5, 0.6) is 0 Å². The summed E-state index contributed by atoms with van der Waals surface area (Å²) in [5.41, 5.74) is 0. The lowest BCUT2D eigenvalue weighted by Crippen LogP contribution is -2.15. The third-order valence-electron chi connectivity index (χ3n) is 2.42. The van der Waals surface area contributed by atoms with Gasteiger partial charge in [-0.05, 0) is 19.4 Å². The molecule has 0 aliphatic carbocycles. The average molecular weight is 309 g/mol. The van der Waals surface area contributed by atoms with E-state index >= 15 is 0 Å². The molecule has 3 nitrogen and oxygen atoms in total. The van der Waals surface area contributed by atoms with Crippen molar-refractivity contribution in [3.63, 3.8) is 0 Å². The highest BCUT2D eigenvalue weighted by Gasteiger charge is 2.16. The van der Waals surface area contributed by atoms with Crippen LogP contribution in [0.4, 0.5) is 5.82 Å². The molecule has 2 N–H and O–H groups in total. The first-order valence-electron chi connectivity index (χ1n) is 5.90. The van der Waals surface area contributed by atoms with E-state index in [0.29, 0.717) is 20.9 Å². The zero-order valence-electron chi connectivity index (χ0n) is 10.7. The van der Waals surface area contributed by atoms with Crippen LogP contribution in [-0.4, -0.2) is 28.0 Å². The summed E-state index contributed by atoms with van der Waals surface area (Å²) in [6.07, 6.45) is 0.572. The van der Waals surface area contributed by atoms with Crippen molar-refractivity contribution in [1.29, 1.82) is 0 Å². The molecule has 0 saturated heterocycles. The smallest absolute Gasteiger partial charge is 0.146 e. The number of halogens is 2. The lowest BCUT2D eigenvalue weighted by molar-refractivity contribution is 0.196. The number of hydrogen-bond acceptors (Lipinski definition) is 4. The first-order valence-corrected chi connectivity index (χ1v) is 7.53. The minimum atomic E-state index is -0.421. The molecule has 0 aliphatic rings. The van der Waals surface area contributed by atoms with Gasteiger partial charge in [-0.1, -0.05) is 48.8 Å². The van der Waals surface area contributed by atoms with Crippen LogP contribution in [0, 0.1) is 0 Å². The summed E-state index contributed by atoms with van der Waals surface area (Å²) in [5.74, 6) is 0.642. The first kappa shape index (κ1) is 15.9. The summed E-state index contributed by atoms with van der Waals surface area (Å²) in [6.45, 7) is 6.56. The van der Waals surface area contributed by atoms with E-state index in [1.165, 1.54) is 11.8 Å². The van der Waals surface area contributed by atoms with Gasteiger partial charge in [0.1, 0.15) is 10.8 Å². The Hall–Kier alpha value is -0.160. The van der Waals surface area contributed by atoms with Crippen LogP contribution in [-0.2, 0) is 0 Å². The molecule has 0 aromatic carbocycles. The highest BCUT2D eigenvalue weighted by Crippen LogP contribution is 2.34. The van der Waals surface area contributed by atoms with Crippen LogP contribution in [0.2, 0.25) is 10.0 Å². The number of pyridine rings is 1. The first-order chi connectivity index (χ1) is 8.45. The Morgan fingerprint density at radius 3 is 2.61 bits per heavy atom. The molecule has 1 rings (SSSR count). The van der Waals surface area contributed by atoms with Gasteiger partial charge in [-0.15, -0.1) is 0 Å². The second-order valence-corrected chi connectivity index (χ2v) is 6.28. The number of thioether (sulfide) groups is 1. The highest BCUT2D eigenvalue weighted by atomic mass is 35.5. The predicted octanol–water partition coefficient (Wildman–Crippen LogP) is 4.07.